The van der Waals surface area contributed by atoms with Crippen LogP contribution in [-0.4, -0.2) is 51.8 Å². The molecule has 4 aromatic carbocycles. The molecule has 0 spiro atoms. The second kappa shape index (κ2) is 17.1. The molecule has 0 radical (unpaired) electrons. The number of rotatable bonds is 9. The van der Waals surface area contributed by atoms with Crippen molar-refractivity contribution in [2.24, 2.45) is 0 Å². The van der Waals surface area contributed by atoms with Gasteiger partial charge in [-0.3, -0.25) is 9.59 Å². The molecule has 6 aromatic rings. The van der Waals surface area contributed by atoms with Gasteiger partial charge in [-0.2, -0.15) is 5.01 Å². The Morgan fingerprint density at radius 2 is 1.10 bits per heavy atom. The highest BCUT2D eigenvalue weighted by molar-refractivity contribution is 9.10. The highest BCUT2D eigenvalue weighted by Crippen LogP contribution is 2.35. The number of hydrogen-bond donors (Lipinski definition) is 0. The standard InChI is InChI=1S/C32H23BrCl2N8O2.4ClH/c33-29-13-12-28-30-26(29)2-1-3-27(30)31(44)43(32(28)45)42(18-24-16-40(38-36-24)14-20-4-8-22(34)9-5-20)19-25-17-41(39-37-25)15-21-6-10-23(35)11-7-21;;;;/h1-13,16-17H,14-15,18-19H2;4*1H. The minimum atomic E-state index is -0.432. The zero-order valence-corrected chi connectivity index (χ0v) is 31.5. The number of hydrogen-bond acceptors (Lipinski definition) is 7. The Balaban J connectivity index is 0.00000163. The van der Waals surface area contributed by atoms with Gasteiger partial charge < -0.3 is 0 Å². The van der Waals surface area contributed by atoms with Crippen molar-refractivity contribution >= 4 is 111 Å². The molecule has 0 bridgehead atoms. The average molecular weight is 848 g/mol. The first kappa shape index (κ1) is 40.2. The Morgan fingerprint density at radius 1 is 0.633 bits per heavy atom. The summed E-state index contributed by atoms with van der Waals surface area (Å²) in [6, 6.07) is 24.0. The van der Waals surface area contributed by atoms with Crippen molar-refractivity contribution in [1.82, 2.24) is 40.0 Å². The number of halogens is 7. The van der Waals surface area contributed by atoms with Gasteiger partial charge in [0.25, 0.3) is 11.8 Å². The second-order valence-corrected chi connectivity index (χ2v) is 12.4. The predicted octanol–water partition coefficient (Wildman–Crippen LogP) is 8.09. The highest BCUT2D eigenvalue weighted by atomic mass is 79.9. The maximum atomic E-state index is 14.0. The largest absolute Gasteiger partial charge is 0.276 e. The van der Waals surface area contributed by atoms with E-state index in [2.05, 4.69) is 36.6 Å². The third kappa shape index (κ3) is 8.56. The Hall–Kier alpha value is -3.26. The van der Waals surface area contributed by atoms with Crippen LogP contribution in [0.3, 0.4) is 0 Å². The van der Waals surface area contributed by atoms with E-state index in [1.54, 1.807) is 38.9 Å². The predicted molar refractivity (Wildman–Crippen MR) is 202 cm³/mol. The van der Waals surface area contributed by atoms with Crippen molar-refractivity contribution in [3.8, 4) is 0 Å². The smallest absolute Gasteiger partial charge is 0.267 e. The fourth-order valence-corrected chi connectivity index (χ4v) is 6.12. The van der Waals surface area contributed by atoms with Crippen LogP contribution in [0.2, 0.25) is 10.0 Å². The van der Waals surface area contributed by atoms with Gasteiger partial charge in [0, 0.05) is 19.9 Å². The Morgan fingerprint density at radius 3 is 1.59 bits per heavy atom. The Labute approximate surface area is 324 Å². The van der Waals surface area contributed by atoms with Gasteiger partial charge in [-0.05, 0) is 59.0 Å². The maximum absolute atomic E-state index is 14.0. The molecule has 1 aliphatic rings. The van der Waals surface area contributed by atoms with E-state index in [0.717, 1.165) is 21.0 Å². The van der Waals surface area contributed by atoms with Crippen LogP contribution in [0.1, 0.15) is 43.2 Å². The normalized spacial score (nSPS) is 11.9. The summed E-state index contributed by atoms with van der Waals surface area (Å²) in [5.41, 5.74) is 4.01. The van der Waals surface area contributed by atoms with Gasteiger partial charge in [-0.1, -0.05) is 86.0 Å². The molecule has 2 amide bonds. The van der Waals surface area contributed by atoms with Crippen molar-refractivity contribution in [3.05, 3.63) is 139 Å². The van der Waals surface area contributed by atoms with E-state index in [1.807, 2.05) is 66.7 Å². The van der Waals surface area contributed by atoms with Gasteiger partial charge in [0.2, 0.25) is 0 Å². The number of aromatic nitrogens is 6. The molecule has 0 unspecified atom stereocenters. The first-order chi connectivity index (χ1) is 21.8. The van der Waals surface area contributed by atoms with E-state index in [-0.39, 0.29) is 62.7 Å². The van der Waals surface area contributed by atoms with Crippen molar-refractivity contribution < 1.29 is 9.59 Å². The van der Waals surface area contributed by atoms with Crippen LogP contribution in [0.25, 0.3) is 10.8 Å². The van der Waals surface area contributed by atoms with Gasteiger partial charge in [0.05, 0.1) is 61.1 Å². The van der Waals surface area contributed by atoms with Crippen LogP contribution in [-0.2, 0) is 26.2 Å². The molecule has 49 heavy (non-hydrogen) atoms. The molecule has 0 saturated heterocycles. The molecule has 0 N–H and O–H groups in total. The molecule has 1 aliphatic heterocycles. The van der Waals surface area contributed by atoms with E-state index < -0.39 is 11.8 Å². The Kier molecular flexibility index (Phi) is 14.0. The molecule has 2 aromatic heterocycles. The van der Waals surface area contributed by atoms with Gasteiger partial charge in [0.15, 0.2) is 0 Å². The van der Waals surface area contributed by atoms with Crippen LogP contribution in [0.5, 0.6) is 0 Å². The van der Waals surface area contributed by atoms with Crippen molar-refractivity contribution in [2.45, 2.75) is 26.2 Å². The number of benzene rings is 4. The molecular weight excluding hydrogens is 821 g/mol. The van der Waals surface area contributed by atoms with Crippen molar-refractivity contribution in [1.29, 1.82) is 0 Å². The van der Waals surface area contributed by atoms with Crippen LogP contribution in [0, 0.1) is 0 Å². The Bertz CT molecular complexity index is 1970. The fourth-order valence-electron chi connectivity index (χ4n) is 5.41. The first-order valence-corrected chi connectivity index (χ1v) is 15.5. The number of amides is 2. The summed E-state index contributed by atoms with van der Waals surface area (Å²) in [6.45, 7) is 1.19. The van der Waals surface area contributed by atoms with Crippen LogP contribution < -0.4 is 0 Å². The molecule has 0 atom stereocenters. The number of nitrogens with zero attached hydrogens (tertiary/aromatic N) is 8. The molecule has 0 aliphatic carbocycles. The van der Waals surface area contributed by atoms with E-state index in [4.69, 9.17) is 23.2 Å². The lowest BCUT2D eigenvalue weighted by Crippen LogP contribution is -2.51. The van der Waals surface area contributed by atoms with E-state index in [0.29, 0.717) is 51.0 Å². The summed E-state index contributed by atoms with van der Waals surface area (Å²) in [6.07, 6.45) is 3.59. The summed E-state index contributed by atoms with van der Waals surface area (Å²) in [5.74, 6) is -0.864. The molecule has 3 heterocycles. The number of hydrazine groups is 1. The minimum absolute atomic E-state index is 0. The molecule has 7 rings (SSSR count). The summed E-state index contributed by atoms with van der Waals surface area (Å²) in [5, 5.41) is 22.8. The van der Waals surface area contributed by atoms with E-state index in [1.165, 1.54) is 5.01 Å². The third-order valence-corrected chi connectivity index (χ3v) is 8.69. The lowest BCUT2D eigenvalue weighted by atomic mass is 9.95. The van der Waals surface area contributed by atoms with Crippen molar-refractivity contribution in [2.75, 3.05) is 0 Å². The topological polar surface area (TPSA) is 102 Å². The molecule has 10 nitrogen and oxygen atoms in total. The molecule has 256 valence electrons. The van der Waals surface area contributed by atoms with Gasteiger partial charge in [-0.25, -0.2) is 14.4 Å². The van der Waals surface area contributed by atoms with Crippen LogP contribution in [0.4, 0.5) is 0 Å². The van der Waals surface area contributed by atoms with Gasteiger partial charge in [0.1, 0.15) is 0 Å². The monoisotopic (exact) mass is 844 g/mol. The number of carbonyl (C=O) groups is 2. The molecule has 0 fully saturated rings. The first-order valence-electron chi connectivity index (χ1n) is 13.9. The lowest BCUT2D eigenvalue weighted by molar-refractivity contribution is -0.0130. The zero-order valence-electron chi connectivity index (χ0n) is 25.1. The summed E-state index contributed by atoms with van der Waals surface area (Å²) < 4.78 is 4.21. The molecule has 17 heteroatoms. The van der Waals surface area contributed by atoms with Gasteiger partial charge in [-0.15, -0.1) is 59.8 Å². The van der Waals surface area contributed by atoms with Crippen LogP contribution >= 0.6 is 88.8 Å². The van der Waals surface area contributed by atoms with E-state index >= 15 is 0 Å². The average Bonchev–Trinajstić information content (AvgIpc) is 3.67. The molecule has 0 saturated carbocycles. The minimum Gasteiger partial charge on any atom is -0.267 e. The van der Waals surface area contributed by atoms with Crippen LogP contribution in [0.15, 0.2) is 95.7 Å². The van der Waals surface area contributed by atoms with Gasteiger partial charge >= 0.3 is 0 Å². The van der Waals surface area contributed by atoms with E-state index in [9.17, 15) is 9.59 Å². The zero-order chi connectivity index (χ0) is 31.1. The summed E-state index contributed by atoms with van der Waals surface area (Å²) in [7, 11) is 0. The quantitative estimate of drug-likeness (QED) is 0.136. The highest BCUT2D eigenvalue weighted by Gasteiger charge is 2.38. The number of imide groups is 1. The molecular formula is C32H27BrCl6N8O2. The summed E-state index contributed by atoms with van der Waals surface area (Å²) >= 11 is 15.6. The SMILES string of the molecule is Cl.Cl.Cl.Cl.O=C1c2cccc3c(Br)ccc(c23)C(=O)N1N(Cc1cn(Cc2ccc(Cl)cc2)nn1)Cc1cn(Cc2ccc(Cl)cc2)nn1. The maximum Gasteiger partial charge on any atom is 0.276 e. The lowest BCUT2D eigenvalue weighted by Gasteiger charge is -2.35. The fraction of sp³-hybridized carbons (Fsp3) is 0.125. The third-order valence-electron chi connectivity index (χ3n) is 7.49. The number of carbonyl (C=O) groups excluding carboxylic acids is 2. The summed E-state index contributed by atoms with van der Waals surface area (Å²) in [4.78, 5) is 28.1. The second-order valence-electron chi connectivity index (χ2n) is 10.6. The van der Waals surface area contributed by atoms with Crippen molar-refractivity contribution in [3.63, 3.8) is 0 Å².